The van der Waals surface area contributed by atoms with Crippen LogP contribution in [0.2, 0.25) is 0 Å². The summed E-state index contributed by atoms with van der Waals surface area (Å²) in [5.41, 5.74) is 4.66. The fourth-order valence-electron chi connectivity index (χ4n) is 16.5. The summed E-state index contributed by atoms with van der Waals surface area (Å²) in [5.74, 6) is -3.89. The second kappa shape index (κ2) is 48.4. The molecular weight excluding hydrogens is 1390 g/mol. The molecule has 8 N–H and O–H groups in total. The fourth-order valence-corrected chi connectivity index (χ4v) is 16.5. The van der Waals surface area contributed by atoms with E-state index in [4.69, 9.17) is 18.9 Å². The van der Waals surface area contributed by atoms with Crippen LogP contribution in [-0.4, -0.2) is 67.3 Å². The first-order chi connectivity index (χ1) is 54.8. The number of hydrogen-bond acceptors (Lipinski definition) is 12. The Balaban J connectivity index is 1.14. The third kappa shape index (κ3) is 26.7. The Bertz CT molecular complexity index is 3360. The zero-order valence-electron chi connectivity index (χ0n) is 68.5. The third-order valence-corrected chi connectivity index (χ3v) is 23.1. The molecule has 8 aromatic rings. The van der Waals surface area contributed by atoms with Gasteiger partial charge in [0.15, 0.2) is 0 Å². The molecule has 0 saturated heterocycles. The minimum Gasteiger partial charge on any atom is -0.507 e. The number of rotatable bonds is 52. The molecule has 8 aromatic carbocycles. The van der Waals surface area contributed by atoms with E-state index < -0.39 is 23.7 Å². The number of fused-ring (bicyclic) bond motifs is 8. The molecule has 12 heteroatoms. The normalized spacial score (nSPS) is 14.7. The van der Waals surface area contributed by atoms with E-state index in [9.17, 15) is 40.9 Å². The number of phenolic OH excluding ortho intramolecular Hbond substituents is 8. The molecule has 1 aliphatic rings. The second-order valence-corrected chi connectivity index (χ2v) is 32.0. The lowest BCUT2D eigenvalue weighted by atomic mass is 9.75. The number of unbranched alkanes of at least 4 members (excludes halogenated alkanes) is 36. The smallest absolute Gasteiger partial charge is 0.123 e. The molecule has 0 saturated carbocycles. The molecule has 0 heterocycles. The van der Waals surface area contributed by atoms with Crippen molar-refractivity contribution in [1.82, 2.24) is 0 Å². The van der Waals surface area contributed by atoms with Crippen LogP contribution in [0.5, 0.6) is 69.0 Å². The monoisotopic (exact) mass is 1530 g/mol. The van der Waals surface area contributed by atoms with Crippen LogP contribution >= 0.6 is 0 Å². The molecule has 8 bridgehead atoms. The number of hydrogen-bond donors (Lipinski definition) is 8. The van der Waals surface area contributed by atoms with Gasteiger partial charge < -0.3 is 59.8 Å². The van der Waals surface area contributed by atoms with Gasteiger partial charge in [0.2, 0.25) is 0 Å². The van der Waals surface area contributed by atoms with E-state index in [1.165, 1.54) is 204 Å². The lowest BCUT2D eigenvalue weighted by Gasteiger charge is -2.30. The molecule has 0 unspecified atom stereocenters. The fraction of sp³-hybridized carbons (Fsp3) is 0.520. The number of phenols is 8. The molecule has 0 aromatic heterocycles. The van der Waals surface area contributed by atoms with E-state index in [0.29, 0.717) is 71.7 Å². The number of benzene rings is 8. The topological polar surface area (TPSA) is 199 Å². The van der Waals surface area contributed by atoms with Gasteiger partial charge in [-0.1, -0.05) is 307 Å². The van der Waals surface area contributed by atoms with E-state index in [2.05, 4.69) is 27.7 Å². The van der Waals surface area contributed by atoms with E-state index >= 15 is 0 Å². The van der Waals surface area contributed by atoms with Gasteiger partial charge in [-0.3, -0.25) is 0 Å². The number of aromatic hydroxyl groups is 8. The Morgan fingerprint density at radius 1 is 0.179 bits per heavy atom. The van der Waals surface area contributed by atoms with E-state index in [1.807, 2.05) is 97.1 Å². The van der Waals surface area contributed by atoms with Crippen LogP contribution in [0.25, 0.3) is 0 Å². The van der Waals surface area contributed by atoms with Crippen LogP contribution < -0.4 is 18.9 Å². The van der Waals surface area contributed by atoms with E-state index in [-0.39, 0.29) is 90.5 Å². The molecule has 12 nitrogen and oxygen atoms in total. The molecule has 0 atom stereocenters. The van der Waals surface area contributed by atoms with Gasteiger partial charge in [-0.05, 0) is 121 Å². The first kappa shape index (κ1) is 87.3. The van der Waals surface area contributed by atoms with Gasteiger partial charge in [0.05, 0.1) is 26.4 Å². The highest BCUT2D eigenvalue weighted by Crippen LogP contribution is 2.54. The molecule has 1 aliphatic carbocycles. The maximum absolute atomic E-state index is 12.7. The average Bonchev–Trinajstić information content (AvgIpc) is 0.741. The predicted molar refractivity (Wildman–Crippen MR) is 458 cm³/mol. The number of ether oxygens (including phenoxy) is 4. The molecule has 0 amide bonds. The molecule has 9 rings (SSSR count). The van der Waals surface area contributed by atoms with Crippen LogP contribution in [-0.2, 0) is 0 Å². The second-order valence-electron chi connectivity index (χ2n) is 32.0. The summed E-state index contributed by atoms with van der Waals surface area (Å²) >= 11 is 0. The van der Waals surface area contributed by atoms with Crippen LogP contribution in [0.3, 0.4) is 0 Å². The summed E-state index contributed by atoms with van der Waals surface area (Å²) < 4.78 is 25.6. The van der Waals surface area contributed by atoms with E-state index in [0.717, 1.165) is 77.0 Å². The Labute approximate surface area is 672 Å². The quantitative estimate of drug-likeness (QED) is 0.0168. The van der Waals surface area contributed by atoms with Crippen molar-refractivity contribution in [2.75, 3.05) is 26.4 Å². The minimum absolute atomic E-state index is 0.273. The van der Waals surface area contributed by atoms with E-state index in [1.54, 1.807) is 24.3 Å². The molecule has 0 radical (unpaired) electrons. The molecule has 0 spiro atoms. The van der Waals surface area contributed by atoms with Crippen molar-refractivity contribution in [3.8, 4) is 69.0 Å². The van der Waals surface area contributed by atoms with Crippen molar-refractivity contribution in [3.63, 3.8) is 0 Å². The Hall–Kier alpha value is -8.64. The lowest BCUT2D eigenvalue weighted by molar-refractivity contribution is 0.304. The molecule has 0 fully saturated rings. The van der Waals surface area contributed by atoms with Gasteiger partial charge in [-0.25, -0.2) is 0 Å². The highest BCUT2D eigenvalue weighted by atomic mass is 16.5. The van der Waals surface area contributed by atoms with Crippen LogP contribution in [0.4, 0.5) is 0 Å². The minimum atomic E-state index is -1.02. The Morgan fingerprint density at radius 2 is 0.312 bits per heavy atom. The maximum Gasteiger partial charge on any atom is 0.123 e. The van der Waals surface area contributed by atoms with Crippen LogP contribution in [0.1, 0.15) is 375 Å². The van der Waals surface area contributed by atoms with Crippen molar-refractivity contribution in [2.45, 2.75) is 308 Å². The van der Waals surface area contributed by atoms with Gasteiger partial charge in [0.25, 0.3) is 0 Å². The molecule has 608 valence electrons. The largest absolute Gasteiger partial charge is 0.507 e. The van der Waals surface area contributed by atoms with Gasteiger partial charge >= 0.3 is 0 Å². The van der Waals surface area contributed by atoms with Crippen molar-refractivity contribution < 1.29 is 59.8 Å². The van der Waals surface area contributed by atoms with Gasteiger partial charge in [-0.2, -0.15) is 0 Å². The highest BCUT2D eigenvalue weighted by molar-refractivity contribution is 5.67. The summed E-state index contributed by atoms with van der Waals surface area (Å²) in [4.78, 5) is 0. The average molecular weight is 1530 g/mol. The zero-order chi connectivity index (χ0) is 79.1. The standard InChI is InChI=1S/C100H136O12/c1-5-9-13-17-21-25-29-33-37-41-61-109-77-53-45-73(46-54-77)97-81-65-83(91(103)69-89(81)101)98(74-47-55-78(56-48-74)110-62-42-38-34-30-26-22-18-14-10-6-2)85-67-87(95(107)71-93(85)105)100(76-51-59-80(60-52-76)112-64-44-40-36-32-28-24-20-16-12-8-4)88-68-86(94(106)72-96(88)108)99(84-66-82(97)90(102)70-92(84)104)75-49-57-79(58-50-75)111-63-43-39-35-31-27-23-19-15-11-7-3/h45-60,65-72,97-108H,5-44,61-64H2,1-4H3. The van der Waals surface area contributed by atoms with Crippen molar-refractivity contribution in [1.29, 1.82) is 0 Å². The summed E-state index contributed by atoms with van der Waals surface area (Å²) in [6.07, 6.45) is 48.1. The summed E-state index contributed by atoms with van der Waals surface area (Å²) in [5, 5.41) is 101. The summed E-state index contributed by atoms with van der Waals surface area (Å²) in [7, 11) is 0. The summed E-state index contributed by atoms with van der Waals surface area (Å²) in [6, 6.07) is 42.3. The van der Waals surface area contributed by atoms with Crippen LogP contribution in [0.15, 0.2) is 146 Å². The van der Waals surface area contributed by atoms with Gasteiger partial charge in [0.1, 0.15) is 69.0 Å². The van der Waals surface area contributed by atoms with Crippen molar-refractivity contribution >= 4 is 0 Å². The Kier molecular flexibility index (Phi) is 37.8. The predicted octanol–water partition coefficient (Wildman–Crippen LogP) is 27.6. The first-order valence-electron chi connectivity index (χ1n) is 44.0. The molecule has 112 heavy (non-hydrogen) atoms. The van der Waals surface area contributed by atoms with Crippen molar-refractivity contribution in [2.24, 2.45) is 0 Å². The van der Waals surface area contributed by atoms with Crippen LogP contribution in [0, 0.1) is 0 Å². The maximum atomic E-state index is 12.7. The Morgan fingerprint density at radius 3 is 0.455 bits per heavy atom. The van der Waals surface area contributed by atoms with Crippen molar-refractivity contribution in [3.05, 3.63) is 212 Å². The first-order valence-corrected chi connectivity index (χ1v) is 44.0. The molecular formula is C100H136O12. The van der Waals surface area contributed by atoms with Gasteiger partial charge in [0, 0.05) is 92.4 Å². The zero-order valence-corrected chi connectivity index (χ0v) is 68.5. The highest BCUT2D eigenvalue weighted by Gasteiger charge is 2.36. The SMILES string of the molecule is CCCCCCCCCCCCOc1ccc(C2c3cc(c(O)cc3O)C(c3ccc(OCCCCCCCCCCCC)cc3)c3cc(c(O)cc3O)C(c3ccc(OCCCCCCCCCCCC)cc3)c3cc(c(O)cc3O)C(c3ccc(OCCCCCCCCCCCC)cc3)c3cc2c(O)cc3O)cc1. The van der Waals surface area contributed by atoms with Gasteiger partial charge in [-0.15, -0.1) is 0 Å². The summed E-state index contributed by atoms with van der Waals surface area (Å²) in [6.45, 7) is 11.1. The molecule has 0 aliphatic heterocycles. The third-order valence-electron chi connectivity index (χ3n) is 23.1. The lowest BCUT2D eigenvalue weighted by Crippen LogP contribution is -2.13.